The lowest BCUT2D eigenvalue weighted by atomic mass is 10.4. The SMILES string of the molecule is CCCNc1nc(OC(C)C)nc(-c2c(Br)nnn2C)n1. The van der Waals surface area contributed by atoms with Gasteiger partial charge in [0.25, 0.3) is 0 Å². The van der Waals surface area contributed by atoms with Crippen molar-refractivity contribution in [1.82, 2.24) is 29.9 Å². The number of hydrogen-bond acceptors (Lipinski definition) is 7. The number of ether oxygens (including phenoxy) is 1. The van der Waals surface area contributed by atoms with Gasteiger partial charge in [0.15, 0.2) is 10.4 Å². The molecule has 2 rings (SSSR count). The van der Waals surface area contributed by atoms with E-state index in [9.17, 15) is 0 Å². The molecule has 2 heterocycles. The van der Waals surface area contributed by atoms with E-state index in [1.165, 1.54) is 0 Å². The van der Waals surface area contributed by atoms with Crippen molar-refractivity contribution < 1.29 is 4.74 Å². The molecule has 2 aromatic rings. The minimum absolute atomic E-state index is 0.0209. The summed E-state index contributed by atoms with van der Waals surface area (Å²) in [6, 6.07) is 0.279. The monoisotopic (exact) mass is 355 g/mol. The van der Waals surface area contributed by atoms with Crippen molar-refractivity contribution in [2.24, 2.45) is 7.05 Å². The predicted octanol–water partition coefficient (Wildman–Crippen LogP) is 2.04. The average molecular weight is 356 g/mol. The van der Waals surface area contributed by atoms with Gasteiger partial charge in [-0.25, -0.2) is 4.68 Å². The van der Waals surface area contributed by atoms with E-state index in [1.807, 2.05) is 13.8 Å². The molecule has 0 aliphatic rings. The van der Waals surface area contributed by atoms with Crippen LogP contribution >= 0.6 is 15.9 Å². The molecule has 0 aromatic carbocycles. The van der Waals surface area contributed by atoms with Crippen LogP contribution in [0.5, 0.6) is 6.01 Å². The number of aromatic nitrogens is 6. The van der Waals surface area contributed by atoms with E-state index in [2.05, 4.69) is 53.4 Å². The number of halogens is 1. The molecule has 0 bridgehead atoms. The van der Waals surface area contributed by atoms with Gasteiger partial charge in [-0.15, -0.1) is 5.10 Å². The average Bonchev–Trinajstić information content (AvgIpc) is 2.75. The van der Waals surface area contributed by atoms with Gasteiger partial charge in [0.2, 0.25) is 5.95 Å². The van der Waals surface area contributed by atoms with Crippen molar-refractivity contribution in [2.75, 3.05) is 11.9 Å². The maximum absolute atomic E-state index is 5.59. The Hall–Kier alpha value is -1.77. The predicted molar refractivity (Wildman–Crippen MR) is 82.1 cm³/mol. The molecule has 0 aliphatic heterocycles. The van der Waals surface area contributed by atoms with Gasteiger partial charge >= 0.3 is 6.01 Å². The molecule has 0 aliphatic carbocycles. The van der Waals surface area contributed by atoms with Gasteiger partial charge in [-0.1, -0.05) is 12.1 Å². The highest BCUT2D eigenvalue weighted by atomic mass is 79.9. The van der Waals surface area contributed by atoms with Gasteiger partial charge in [0.1, 0.15) is 5.69 Å². The first-order valence-electron chi connectivity index (χ1n) is 6.73. The van der Waals surface area contributed by atoms with Crippen molar-refractivity contribution in [3.8, 4) is 17.5 Å². The first kappa shape index (κ1) is 15.6. The molecule has 0 unspecified atom stereocenters. The van der Waals surface area contributed by atoms with Crippen molar-refractivity contribution >= 4 is 21.9 Å². The van der Waals surface area contributed by atoms with Crippen LogP contribution in [0.2, 0.25) is 0 Å². The molecule has 0 amide bonds. The second-order valence-electron chi connectivity index (χ2n) is 4.71. The summed E-state index contributed by atoms with van der Waals surface area (Å²) in [6.45, 7) is 6.69. The van der Waals surface area contributed by atoms with Gasteiger partial charge in [-0.3, -0.25) is 0 Å². The maximum atomic E-state index is 5.59. The maximum Gasteiger partial charge on any atom is 0.322 e. The quantitative estimate of drug-likeness (QED) is 0.847. The van der Waals surface area contributed by atoms with Gasteiger partial charge in [0.05, 0.1) is 6.10 Å². The van der Waals surface area contributed by atoms with E-state index in [0.29, 0.717) is 22.1 Å². The summed E-state index contributed by atoms with van der Waals surface area (Å²) in [5.74, 6) is 0.934. The van der Waals surface area contributed by atoms with Gasteiger partial charge < -0.3 is 10.1 Å². The van der Waals surface area contributed by atoms with Crippen LogP contribution < -0.4 is 10.1 Å². The molecular weight excluding hydrogens is 338 g/mol. The fourth-order valence-corrected chi connectivity index (χ4v) is 2.12. The molecule has 0 atom stereocenters. The van der Waals surface area contributed by atoms with Crippen LogP contribution in [0.3, 0.4) is 0 Å². The molecule has 8 nitrogen and oxygen atoms in total. The highest BCUT2D eigenvalue weighted by Gasteiger charge is 2.17. The van der Waals surface area contributed by atoms with Crippen LogP contribution in [0.4, 0.5) is 5.95 Å². The van der Waals surface area contributed by atoms with E-state index in [-0.39, 0.29) is 12.1 Å². The number of nitrogens with one attached hydrogen (secondary N) is 1. The van der Waals surface area contributed by atoms with E-state index in [1.54, 1.807) is 11.7 Å². The van der Waals surface area contributed by atoms with Gasteiger partial charge in [-0.2, -0.15) is 15.0 Å². The first-order chi connectivity index (χ1) is 10.0. The summed E-state index contributed by atoms with van der Waals surface area (Å²) in [7, 11) is 1.78. The second kappa shape index (κ2) is 6.79. The zero-order chi connectivity index (χ0) is 15.4. The van der Waals surface area contributed by atoms with Crippen molar-refractivity contribution in [1.29, 1.82) is 0 Å². The Kier molecular flexibility index (Phi) is 5.05. The van der Waals surface area contributed by atoms with Gasteiger partial charge in [0, 0.05) is 13.6 Å². The number of anilines is 1. The molecule has 9 heteroatoms. The summed E-state index contributed by atoms with van der Waals surface area (Å²) < 4.78 is 7.76. The minimum atomic E-state index is -0.0209. The van der Waals surface area contributed by atoms with E-state index < -0.39 is 0 Å². The smallest absolute Gasteiger partial charge is 0.322 e. The third-order valence-corrected chi connectivity index (χ3v) is 3.02. The summed E-state index contributed by atoms with van der Waals surface area (Å²) >= 11 is 3.35. The van der Waals surface area contributed by atoms with Crippen LogP contribution in [0.25, 0.3) is 11.5 Å². The number of rotatable bonds is 6. The summed E-state index contributed by atoms with van der Waals surface area (Å²) in [6.07, 6.45) is 0.950. The zero-order valence-corrected chi connectivity index (χ0v) is 14.0. The van der Waals surface area contributed by atoms with Crippen LogP contribution in [-0.2, 0) is 7.05 Å². The zero-order valence-electron chi connectivity index (χ0n) is 12.5. The largest absolute Gasteiger partial charge is 0.461 e. The van der Waals surface area contributed by atoms with Crippen LogP contribution in [-0.4, -0.2) is 42.6 Å². The lowest BCUT2D eigenvalue weighted by molar-refractivity contribution is 0.222. The molecule has 0 spiro atoms. The number of nitrogens with zero attached hydrogens (tertiary/aromatic N) is 6. The Morgan fingerprint density at radius 2 is 2.05 bits per heavy atom. The van der Waals surface area contributed by atoms with Gasteiger partial charge in [-0.05, 0) is 36.2 Å². The molecule has 2 aromatic heterocycles. The van der Waals surface area contributed by atoms with Crippen LogP contribution in [0.1, 0.15) is 27.2 Å². The first-order valence-corrected chi connectivity index (χ1v) is 7.52. The Balaban J connectivity index is 2.44. The van der Waals surface area contributed by atoms with Crippen molar-refractivity contribution in [3.05, 3.63) is 4.60 Å². The standard InChI is InChI=1S/C12H18BrN7O/c1-5-6-14-11-15-10(8-9(13)18-19-20(8)4)16-12(17-11)21-7(2)3/h7H,5-6H2,1-4H3,(H,14,15,16,17). The Bertz CT molecular complexity index is 594. The van der Waals surface area contributed by atoms with E-state index in [4.69, 9.17) is 4.74 Å². The molecule has 114 valence electrons. The second-order valence-corrected chi connectivity index (χ2v) is 5.46. The highest BCUT2D eigenvalue weighted by molar-refractivity contribution is 9.10. The Morgan fingerprint density at radius 1 is 1.29 bits per heavy atom. The van der Waals surface area contributed by atoms with Crippen molar-refractivity contribution in [2.45, 2.75) is 33.3 Å². The number of hydrogen-bond donors (Lipinski definition) is 1. The van der Waals surface area contributed by atoms with Crippen LogP contribution in [0.15, 0.2) is 4.60 Å². The molecule has 0 fully saturated rings. The Morgan fingerprint density at radius 3 is 2.62 bits per heavy atom. The minimum Gasteiger partial charge on any atom is -0.461 e. The van der Waals surface area contributed by atoms with E-state index >= 15 is 0 Å². The molecule has 21 heavy (non-hydrogen) atoms. The molecule has 0 saturated carbocycles. The highest BCUT2D eigenvalue weighted by Crippen LogP contribution is 2.24. The molecule has 0 radical (unpaired) electrons. The summed E-state index contributed by atoms with van der Waals surface area (Å²) in [5.41, 5.74) is 0.672. The fraction of sp³-hybridized carbons (Fsp3) is 0.583. The topological polar surface area (TPSA) is 90.6 Å². The molecular formula is C12H18BrN7O. The van der Waals surface area contributed by atoms with Crippen molar-refractivity contribution in [3.63, 3.8) is 0 Å². The Labute approximate surface area is 131 Å². The lowest BCUT2D eigenvalue weighted by Gasteiger charge is -2.11. The summed E-state index contributed by atoms with van der Waals surface area (Å²) in [4.78, 5) is 13.0. The van der Waals surface area contributed by atoms with E-state index in [0.717, 1.165) is 13.0 Å². The number of aryl methyl sites for hydroxylation is 1. The van der Waals surface area contributed by atoms with Crippen LogP contribution in [0, 0.1) is 0 Å². The molecule has 0 saturated heterocycles. The third-order valence-electron chi connectivity index (χ3n) is 2.49. The summed E-state index contributed by atoms with van der Waals surface area (Å²) in [5, 5.41) is 11.0. The normalized spacial score (nSPS) is 11.0. The fourth-order valence-electron chi connectivity index (χ4n) is 1.61. The molecule has 1 N–H and O–H groups in total. The lowest BCUT2D eigenvalue weighted by Crippen LogP contribution is -2.13. The third kappa shape index (κ3) is 3.87.